The third kappa shape index (κ3) is 2.81. The Labute approximate surface area is 129 Å². The van der Waals surface area contributed by atoms with Crippen LogP contribution in [0.5, 0.6) is 0 Å². The number of benzene rings is 2. The molecule has 3 rings (SSSR count). The quantitative estimate of drug-likeness (QED) is 0.761. The van der Waals surface area contributed by atoms with Crippen LogP contribution < -0.4 is 0 Å². The van der Waals surface area contributed by atoms with Crippen LogP contribution in [0.3, 0.4) is 0 Å². The first-order valence-corrected chi connectivity index (χ1v) is 7.54. The Morgan fingerprint density at radius 1 is 1.05 bits per heavy atom. The average Bonchev–Trinajstić information content (AvgIpc) is 2.48. The van der Waals surface area contributed by atoms with Gasteiger partial charge in [0.05, 0.1) is 12.0 Å². The molecule has 1 aliphatic rings. The van der Waals surface area contributed by atoms with Gasteiger partial charge in [-0.25, -0.2) is 0 Å². The summed E-state index contributed by atoms with van der Waals surface area (Å²) in [5, 5.41) is 0.713. The second-order valence-electron chi connectivity index (χ2n) is 5.50. The molecule has 2 aromatic carbocycles. The lowest BCUT2D eigenvalue weighted by Crippen LogP contribution is -2.34. The zero-order valence-corrected chi connectivity index (χ0v) is 12.6. The highest BCUT2D eigenvalue weighted by atomic mass is 35.5. The van der Waals surface area contributed by atoms with E-state index in [2.05, 4.69) is 0 Å². The van der Waals surface area contributed by atoms with Crippen LogP contribution in [0.2, 0.25) is 5.02 Å². The van der Waals surface area contributed by atoms with Gasteiger partial charge in [0.15, 0.2) is 0 Å². The Hall–Kier alpha value is -1.80. The molecule has 0 spiro atoms. The van der Waals surface area contributed by atoms with Crippen molar-refractivity contribution in [1.82, 2.24) is 0 Å². The number of rotatable bonds is 2. The smallest absolute Gasteiger partial charge is 0.314 e. The fourth-order valence-corrected chi connectivity index (χ4v) is 3.36. The molecule has 1 fully saturated rings. The van der Waals surface area contributed by atoms with E-state index < -0.39 is 0 Å². The molecular weight excluding hydrogens is 284 g/mol. The van der Waals surface area contributed by atoms with Crippen LogP contribution in [-0.2, 0) is 9.53 Å². The molecule has 1 heterocycles. The zero-order valence-electron chi connectivity index (χ0n) is 11.8. The van der Waals surface area contributed by atoms with Crippen LogP contribution in [-0.4, -0.2) is 12.1 Å². The van der Waals surface area contributed by atoms with Crippen LogP contribution in [0.1, 0.15) is 36.3 Å². The fourth-order valence-electron chi connectivity index (χ4n) is 3.09. The third-order valence-electron chi connectivity index (χ3n) is 4.02. The molecular formula is C18H17ClO2. The molecule has 0 aliphatic carbocycles. The third-order valence-corrected chi connectivity index (χ3v) is 4.37. The largest absolute Gasteiger partial charge is 0.462 e. The van der Waals surface area contributed by atoms with E-state index in [1.807, 2.05) is 61.5 Å². The van der Waals surface area contributed by atoms with Gasteiger partial charge in [0.1, 0.15) is 0 Å². The zero-order chi connectivity index (χ0) is 14.8. The predicted molar refractivity (Wildman–Crippen MR) is 83.5 cm³/mol. The maximum Gasteiger partial charge on any atom is 0.314 e. The van der Waals surface area contributed by atoms with Gasteiger partial charge in [-0.15, -0.1) is 0 Å². The summed E-state index contributed by atoms with van der Waals surface area (Å²) in [6.45, 7) is 1.93. The number of cyclic esters (lactones) is 1. The van der Waals surface area contributed by atoms with E-state index in [4.69, 9.17) is 16.3 Å². The monoisotopic (exact) mass is 300 g/mol. The second-order valence-corrected chi connectivity index (χ2v) is 5.91. The number of hydrogen-bond donors (Lipinski definition) is 0. The molecule has 0 amide bonds. The molecule has 2 aromatic rings. The Balaban J connectivity index is 2.06. The van der Waals surface area contributed by atoms with Gasteiger partial charge in [0, 0.05) is 10.9 Å². The van der Waals surface area contributed by atoms with Gasteiger partial charge in [0.2, 0.25) is 0 Å². The minimum atomic E-state index is -0.290. The van der Waals surface area contributed by atoms with E-state index in [1.54, 1.807) is 0 Å². The topological polar surface area (TPSA) is 26.3 Å². The van der Waals surface area contributed by atoms with Crippen molar-refractivity contribution in [3.8, 4) is 0 Å². The summed E-state index contributed by atoms with van der Waals surface area (Å²) in [4.78, 5) is 12.4. The number of hydrogen-bond acceptors (Lipinski definition) is 2. The number of esters is 1. The van der Waals surface area contributed by atoms with Crippen LogP contribution in [0.4, 0.5) is 0 Å². The molecule has 0 aromatic heterocycles. The highest BCUT2D eigenvalue weighted by Crippen LogP contribution is 2.43. The Bertz CT molecular complexity index is 639. The molecule has 0 radical (unpaired) electrons. The molecule has 108 valence electrons. The number of carbonyl (C=O) groups is 1. The Morgan fingerprint density at radius 3 is 2.43 bits per heavy atom. The normalized spacial score (nSPS) is 25.4. The summed E-state index contributed by atoms with van der Waals surface area (Å²) >= 11 is 6.35. The molecule has 2 nitrogen and oxygen atoms in total. The summed E-state index contributed by atoms with van der Waals surface area (Å²) in [6, 6.07) is 17.6. The van der Waals surface area contributed by atoms with Gasteiger partial charge in [-0.2, -0.15) is 0 Å². The number of ether oxygens (including phenoxy) is 1. The van der Waals surface area contributed by atoms with Crippen LogP contribution in [0.25, 0.3) is 0 Å². The maximum absolute atomic E-state index is 12.4. The first-order valence-electron chi connectivity index (χ1n) is 7.16. The standard InChI is InChI=1S/C18H17ClO2/c1-12-11-15(14-9-5-6-10-16(14)19)17(18(20)21-12)13-7-3-2-4-8-13/h2-10,12,15,17H,11H2,1H3. The van der Waals surface area contributed by atoms with E-state index in [9.17, 15) is 4.79 Å². The van der Waals surface area contributed by atoms with Gasteiger partial charge in [-0.05, 0) is 30.5 Å². The minimum absolute atomic E-state index is 0.0531. The van der Waals surface area contributed by atoms with Crippen LogP contribution >= 0.6 is 11.6 Å². The highest BCUT2D eigenvalue weighted by molar-refractivity contribution is 6.31. The van der Waals surface area contributed by atoms with Crippen molar-refractivity contribution in [2.75, 3.05) is 0 Å². The van der Waals surface area contributed by atoms with Crippen molar-refractivity contribution in [3.05, 3.63) is 70.7 Å². The van der Waals surface area contributed by atoms with E-state index >= 15 is 0 Å². The van der Waals surface area contributed by atoms with Gasteiger partial charge >= 0.3 is 5.97 Å². The Kier molecular flexibility index (Phi) is 3.98. The summed E-state index contributed by atoms with van der Waals surface area (Å²) in [7, 11) is 0. The minimum Gasteiger partial charge on any atom is -0.462 e. The first kappa shape index (κ1) is 14.2. The van der Waals surface area contributed by atoms with Gasteiger partial charge in [-0.1, -0.05) is 60.1 Å². The first-order chi connectivity index (χ1) is 10.2. The number of halogens is 1. The SMILES string of the molecule is CC1CC(c2ccccc2Cl)C(c2ccccc2)C(=O)O1. The van der Waals surface area contributed by atoms with Gasteiger partial charge in [-0.3, -0.25) is 4.79 Å². The second kappa shape index (κ2) is 5.90. The van der Waals surface area contributed by atoms with Crippen molar-refractivity contribution in [2.45, 2.75) is 31.3 Å². The summed E-state index contributed by atoms with van der Waals surface area (Å²) in [5.74, 6) is -0.399. The molecule has 21 heavy (non-hydrogen) atoms. The molecule has 0 N–H and O–H groups in total. The van der Waals surface area contributed by atoms with Crippen LogP contribution in [0.15, 0.2) is 54.6 Å². The Morgan fingerprint density at radius 2 is 1.71 bits per heavy atom. The highest BCUT2D eigenvalue weighted by Gasteiger charge is 2.39. The predicted octanol–water partition coefficient (Wildman–Crippen LogP) is 4.54. The lowest BCUT2D eigenvalue weighted by Gasteiger charge is -2.34. The molecule has 0 bridgehead atoms. The lowest BCUT2D eigenvalue weighted by molar-refractivity contribution is -0.156. The van der Waals surface area contributed by atoms with Gasteiger partial charge in [0.25, 0.3) is 0 Å². The van der Waals surface area contributed by atoms with Crippen molar-refractivity contribution >= 4 is 17.6 Å². The summed E-state index contributed by atoms with van der Waals surface area (Å²) in [6.07, 6.45) is 0.702. The lowest BCUT2D eigenvalue weighted by atomic mass is 9.77. The molecule has 1 aliphatic heterocycles. The summed E-state index contributed by atoms with van der Waals surface area (Å²) in [5.41, 5.74) is 2.01. The molecule has 1 saturated heterocycles. The van der Waals surface area contributed by atoms with Crippen molar-refractivity contribution in [3.63, 3.8) is 0 Å². The molecule has 3 unspecified atom stereocenters. The van der Waals surface area contributed by atoms with Crippen LogP contribution in [0, 0.1) is 0 Å². The van der Waals surface area contributed by atoms with E-state index in [1.165, 1.54) is 0 Å². The van der Waals surface area contributed by atoms with E-state index in [0.717, 1.165) is 17.5 Å². The maximum atomic E-state index is 12.4. The average molecular weight is 301 g/mol. The van der Waals surface area contributed by atoms with E-state index in [-0.39, 0.29) is 23.9 Å². The summed E-state index contributed by atoms with van der Waals surface area (Å²) < 4.78 is 5.46. The molecule has 3 atom stereocenters. The van der Waals surface area contributed by atoms with Crippen molar-refractivity contribution in [1.29, 1.82) is 0 Å². The van der Waals surface area contributed by atoms with Crippen molar-refractivity contribution in [2.24, 2.45) is 0 Å². The fraction of sp³-hybridized carbons (Fsp3) is 0.278. The van der Waals surface area contributed by atoms with E-state index in [0.29, 0.717) is 5.02 Å². The number of carbonyl (C=O) groups excluding carboxylic acids is 1. The molecule has 0 saturated carbocycles. The van der Waals surface area contributed by atoms with Gasteiger partial charge < -0.3 is 4.74 Å². The molecule has 3 heteroatoms. The van der Waals surface area contributed by atoms with Crippen molar-refractivity contribution < 1.29 is 9.53 Å².